The maximum atomic E-state index is 12.8. The second-order valence-electron chi connectivity index (χ2n) is 5.08. The van der Waals surface area contributed by atoms with Gasteiger partial charge in [-0.15, -0.1) is 0 Å². The SMILES string of the molecule is CC(C)Oc1ccccc1C(=O)c1cnn2ccccc12. The van der Waals surface area contributed by atoms with E-state index in [0.29, 0.717) is 16.9 Å². The van der Waals surface area contributed by atoms with Crippen molar-refractivity contribution in [2.75, 3.05) is 0 Å². The Bertz CT molecular complexity index is 790. The van der Waals surface area contributed by atoms with Crippen LogP contribution < -0.4 is 4.74 Å². The number of hydrogen-bond donors (Lipinski definition) is 0. The molecule has 1 aromatic carbocycles. The first-order valence-electron chi connectivity index (χ1n) is 6.89. The summed E-state index contributed by atoms with van der Waals surface area (Å²) >= 11 is 0. The average molecular weight is 280 g/mol. The molecule has 0 bridgehead atoms. The molecule has 0 aliphatic carbocycles. The van der Waals surface area contributed by atoms with Gasteiger partial charge in [-0.1, -0.05) is 18.2 Å². The van der Waals surface area contributed by atoms with Crippen LogP contribution in [0.5, 0.6) is 5.75 Å². The first kappa shape index (κ1) is 13.4. The quantitative estimate of drug-likeness (QED) is 0.688. The van der Waals surface area contributed by atoms with Crippen LogP contribution in [0.3, 0.4) is 0 Å². The second-order valence-corrected chi connectivity index (χ2v) is 5.08. The van der Waals surface area contributed by atoms with E-state index in [1.165, 1.54) is 0 Å². The number of nitrogens with zero attached hydrogens (tertiary/aromatic N) is 2. The van der Waals surface area contributed by atoms with Crippen molar-refractivity contribution >= 4 is 11.3 Å². The maximum Gasteiger partial charge on any atom is 0.200 e. The van der Waals surface area contributed by atoms with Gasteiger partial charge in [-0.25, -0.2) is 4.52 Å². The van der Waals surface area contributed by atoms with Gasteiger partial charge in [-0.3, -0.25) is 4.79 Å². The summed E-state index contributed by atoms with van der Waals surface area (Å²) in [6.07, 6.45) is 3.44. The summed E-state index contributed by atoms with van der Waals surface area (Å²) in [4.78, 5) is 12.8. The molecule has 0 radical (unpaired) electrons. The first-order chi connectivity index (χ1) is 10.2. The van der Waals surface area contributed by atoms with Crippen molar-refractivity contribution in [2.24, 2.45) is 0 Å². The van der Waals surface area contributed by atoms with Crippen molar-refractivity contribution in [2.45, 2.75) is 20.0 Å². The van der Waals surface area contributed by atoms with Crippen LogP contribution in [0.25, 0.3) is 5.52 Å². The molecule has 2 heterocycles. The van der Waals surface area contributed by atoms with Gasteiger partial charge in [0, 0.05) is 6.20 Å². The van der Waals surface area contributed by atoms with E-state index in [1.807, 2.05) is 56.4 Å². The zero-order valence-electron chi connectivity index (χ0n) is 12.0. The lowest BCUT2D eigenvalue weighted by molar-refractivity contribution is 0.103. The molecule has 0 aliphatic rings. The number of ether oxygens (including phenoxy) is 1. The molecule has 4 heteroatoms. The highest BCUT2D eigenvalue weighted by atomic mass is 16.5. The van der Waals surface area contributed by atoms with Crippen LogP contribution >= 0.6 is 0 Å². The predicted octanol–water partition coefficient (Wildman–Crippen LogP) is 3.35. The zero-order valence-corrected chi connectivity index (χ0v) is 12.0. The van der Waals surface area contributed by atoms with Crippen LogP contribution in [0.15, 0.2) is 54.9 Å². The van der Waals surface area contributed by atoms with E-state index in [-0.39, 0.29) is 11.9 Å². The molecule has 4 nitrogen and oxygen atoms in total. The number of fused-ring (bicyclic) bond motifs is 1. The molecule has 0 atom stereocenters. The maximum absolute atomic E-state index is 12.8. The van der Waals surface area contributed by atoms with Gasteiger partial charge in [0.25, 0.3) is 0 Å². The number of pyridine rings is 1. The number of carbonyl (C=O) groups is 1. The fourth-order valence-electron chi connectivity index (χ4n) is 2.27. The van der Waals surface area contributed by atoms with Crippen LogP contribution in [0, 0.1) is 0 Å². The van der Waals surface area contributed by atoms with E-state index in [2.05, 4.69) is 5.10 Å². The van der Waals surface area contributed by atoms with Crippen molar-refractivity contribution in [1.29, 1.82) is 0 Å². The normalized spacial score (nSPS) is 11.0. The fourth-order valence-corrected chi connectivity index (χ4v) is 2.27. The van der Waals surface area contributed by atoms with E-state index in [9.17, 15) is 4.79 Å². The van der Waals surface area contributed by atoms with E-state index < -0.39 is 0 Å². The Morgan fingerprint density at radius 2 is 1.86 bits per heavy atom. The first-order valence-corrected chi connectivity index (χ1v) is 6.89. The number of para-hydroxylation sites is 1. The minimum atomic E-state index is -0.0764. The van der Waals surface area contributed by atoms with Crippen LogP contribution in [0.2, 0.25) is 0 Å². The van der Waals surface area contributed by atoms with Crippen molar-refractivity contribution in [1.82, 2.24) is 9.61 Å². The van der Waals surface area contributed by atoms with Gasteiger partial charge in [0.2, 0.25) is 5.78 Å². The molecule has 0 amide bonds. The van der Waals surface area contributed by atoms with Crippen LogP contribution in [-0.2, 0) is 0 Å². The van der Waals surface area contributed by atoms with Gasteiger partial charge in [0.05, 0.1) is 28.9 Å². The molecule has 3 rings (SSSR count). The Hall–Kier alpha value is -2.62. The summed E-state index contributed by atoms with van der Waals surface area (Å²) in [6.45, 7) is 3.88. The number of benzene rings is 1. The topological polar surface area (TPSA) is 43.6 Å². The Kier molecular flexibility index (Phi) is 3.44. The highest BCUT2D eigenvalue weighted by molar-refractivity contribution is 6.14. The van der Waals surface area contributed by atoms with Gasteiger partial charge >= 0.3 is 0 Å². The lowest BCUT2D eigenvalue weighted by Gasteiger charge is -2.13. The smallest absolute Gasteiger partial charge is 0.200 e. The molecule has 0 spiro atoms. The van der Waals surface area contributed by atoms with Gasteiger partial charge < -0.3 is 4.74 Å². The number of carbonyl (C=O) groups excluding carboxylic acids is 1. The van der Waals surface area contributed by atoms with Gasteiger partial charge in [0.15, 0.2) is 0 Å². The molecule has 0 unspecified atom stereocenters. The molecule has 0 N–H and O–H groups in total. The van der Waals surface area contributed by atoms with Crippen molar-refractivity contribution in [3.8, 4) is 5.75 Å². The highest BCUT2D eigenvalue weighted by Gasteiger charge is 2.18. The molecule has 21 heavy (non-hydrogen) atoms. The van der Waals surface area contributed by atoms with E-state index in [4.69, 9.17) is 4.74 Å². The Morgan fingerprint density at radius 3 is 2.67 bits per heavy atom. The van der Waals surface area contributed by atoms with Gasteiger partial charge in [0.1, 0.15) is 5.75 Å². The summed E-state index contributed by atoms with van der Waals surface area (Å²) in [5, 5.41) is 4.21. The number of hydrogen-bond acceptors (Lipinski definition) is 3. The third kappa shape index (κ3) is 2.52. The lowest BCUT2D eigenvalue weighted by atomic mass is 10.0. The van der Waals surface area contributed by atoms with Gasteiger partial charge in [-0.2, -0.15) is 5.10 Å². The molecule has 106 valence electrons. The van der Waals surface area contributed by atoms with Crippen molar-refractivity contribution in [3.05, 3.63) is 66.0 Å². The molecular formula is C17H16N2O2. The molecule has 0 fully saturated rings. The minimum absolute atomic E-state index is 0.0165. The summed E-state index contributed by atoms with van der Waals surface area (Å²) in [5.41, 5.74) is 1.93. The standard InChI is InChI=1S/C17H16N2O2/c1-12(2)21-16-9-4-3-7-13(16)17(20)14-11-18-19-10-6-5-8-15(14)19/h3-12H,1-2H3. The Morgan fingerprint density at radius 1 is 1.10 bits per heavy atom. The van der Waals surface area contributed by atoms with E-state index >= 15 is 0 Å². The number of rotatable bonds is 4. The molecule has 2 aromatic heterocycles. The molecule has 0 saturated heterocycles. The van der Waals surface area contributed by atoms with Crippen LogP contribution in [0.4, 0.5) is 0 Å². The van der Waals surface area contributed by atoms with Gasteiger partial charge in [-0.05, 0) is 38.1 Å². The summed E-state index contributed by atoms with van der Waals surface area (Å²) < 4.78 is 7.42. The monoisotopic (exact) mass is 280 g/mol. The highest BCUT2D eigenvalue weighted by Crippen LogP contribution is 2.24. The molecule has 0 saturated carbocycles. The lowest BCUT2D eigenvalue weighted by Crippen LogP contribution is -2.10. The summed E-state index contributed by atoms with van der Waals surface area (Å²) in [5.74, 6) is 0.528. The zero-order chi connectivity index (χ0) is 14.8. The molecule has 0 aliphatic heterocycles. The average Bonchev–Trinajstić information content (AvgIpc) is 2.90. The Balaban J connectivity index is 2.06. The van der Waals surface area contributed by atoms with Crippen molar-refractivity contribution < 1.29 is 9.53 Å². The summed E-state index contributed by atoms with van der Waals surface area (Å²) in [7, 11) is 0. The predicted molar refractivity (Wildman–Crippen MR) is 80.8 cm³/mol. The minimum Gasteiger partial charge on any atom is -0.490 e. The van der Waals surface area contributed by atoms with E-state index in [0.717, 1.165) is 5.52 Å². The summed E-state index contributed by atoms with van der Waals surface area (Å²) in [6, 6.07) is 13.0. The number of ketones is 1. The van der Waals surface area contributed by atoms with Crippen LogP contribution in [-0.4, -0.2) is 21.5 Å². The molecule has 3 aromatic rings. The number of aromatic nitrogens is 2. The van der Waals surface area contributed by atoms with Crippen molar-refractivity contribution in [3.63, 3.8) is 0 Å². The van der Waals surface area contributed by atoms with E-state index in [1.54, 1.807) is 16.8 Å². The van der Waals surface area contributed by atoms with Crippen LogP contribution in [0.1, 0.15) is 29.8 Å². The Labute approximate surface area is 123 Å². The second kappa shape index (κ2) is 5.40. The third-order valence-corrected chi connectivity index (χ3v) is 3.17. The largest absolute Gasteiger partial charge is 0.490 e. The fraction of sp³-hybridized carbons (Fsp3) is 0.176. The molecular weight excluding hydrogens is 264 g/mol. The third-order valence-electron chi connectivity index (χ3n) is 3.17.